The quantitative estimate of drug-likeness (QED) is 0.505. The van der Waals surface area contributed by atoms with E-state index in [1.165, 1.54) is 17.2 Å². The fourth-order valence-corrected chi connectivity index (χ4v) is 4.45. The molecular formula is C28H31N3O4. The van der Waals surface area contributed by atoms with Crippen molar-refractivity contribution in [2.24, 2.45) is 0 Å². The van der Waals surface area contributed by atoms with Gasteiger partial charge in [0.15, 0.2) is 5.76 Å². The van der Waals surface area contributed by atoms with Crippen LogP contribution in [0.15, 0.2) is 71.3 Å². The molecule has 1 aliphatic carbocycles. The van der Waals surface area contributed by atoms with Crippen molar-refractivity contribution in [2.75, 3.05) is 11.4 Å². The van der Waals surface area contributed by atoms with E-state index in [4.69, 9.17) is 4.42 Å². The first kappa shape index (κ1) is 24.3. The number of rotatable bonds is 8. The molecule has 1 heterocycles. The minimum atomic E-state index is -0.882. The second-order valence-electron chi connectivity index (χ2n) is 9.00. The average molecular weight is 474 g/mol. The normalized spacial score (nSPS) is 14.3. The second-order valence-corrected chi connectivity index (χ2v) is 9.00. The van der Waals surface area contributed by atoms with Crippen LogP contribution in [0.25, 0.3) is 0 Å². The maximum atomic E-state index is 13.7. The number of benzene rings is 2. The lowest BCUT2D eigenvalue weighted by molar-refractivity contribution is -0.126. The number of anilines is 1. The van der Waals surface area contributed by atoms with E-state index in [1.54, 1.807) is 6.07 Å². The van der Waals surface area contributed by atoms with E-state index in [2.05, 4.69) is 10.6 Å². The molecule has 1 unspecified atom stereocenters. The van der Waals surface area contributed by atoms with E-state index >= 15 is 0 Å². The summed E-state index contributed by atoms with van der Waals surface area (Å²) in [5.74, 6) is -1.00. The molecule has 0 saturated heterocycles. The van der Waals surface area contributed by atoms with Gasteiger partial charge in [0, 0.05) is 11.7 Å². The lowest BCUT2D eigenvalue weighted by atomic mass is 10.0. The Bertz CT molecular complexity index is 1170. The Labute approximate surface area is 205 Å². The molecular weight excluding hydrogens is 442 g/mol. The molecule has 1 saturated carbocycles. The Hall–Kier alpha value is -3.87. The minimum Gasteiger partial charge on any atom is -0.459 e. The molecule has 35 heavy (non-hydrogen) atoms. The number of furan rings is 1. The molecule has 0 bridgehead atoms. The van der Waals surface area contributed by atoms with Gasteiger partial charge in [-0.05, 0) is 67.6 Å². The number of carbonyl (C=O) groups is 3. The molecule has 1 fully saturated rings. The van der Waals surface area contributed by atoms with Crippen molar-refractivity contribution >= 4 is 23.4 Å². The topological polar surface area (TPSA) is 91.7 Å². The average Bonchev–Trinajstić information content (AvgIpc) is 3.58. The third kappa shape index (κ3) is 5.80. The number of hydrogen-bond acceptors (Lipinski definition) is 4. The highest BCUT2D eigenvalue weighted by atomic mass is 16.3. The number of hydrogen-bond donors (Lipinski definition) is 2. The monoisotopic (exact) mass is 473 g/mol. The maximum absolute atomic E-state index is 13.7. The van der Waals surface area contributed by atoms with Crippen LogP contribution in [0.4, 0.5) is 5.69 Å². The van der Waals surface area contributed by atoms with Crippen LogP contribution in [0.1, 0.15) is 59.0 Å². The molecule has 7 heteroatoms. The maximum Gasteiger partial charge on any atom is 0.287 e. The first-order valence-corrected chi connectivity index (χ1v) is 12.0. The summed E-state index contributed by atoms with van der Waals surface area (Å²) in [6, 6.07) is 17.3. The number of nitrogens with zero attached hydrogens (tertiary/aromatic N) is 1. The van der Waals surface area contributed by atoms with Crippen molar-refractivity contribution < 1.29 is 18.8 Å². The van der Waals surface area contributed by atoms with Crippen LogP contribution in [0.5, 0.6) is 0 Å². The Kier molecular flexibility index (Phi) is 7.65. The van der Waals surface area contributed by atoms with Gasteiger partial charge in [-0.1, -0.05) is 49.2 Å². The van der Waals surface area contributed by atoms with E-state index in [9.17, 15) is 14.4 Å². The van der Waals surface area contributed by atoms with Crippen LogP contribution >= 0.6 is 0 Å². The molecule has 1 atom stereocenters. The molecule has 0 radical (unpaired) electrons. The summed E-state index contributed by atoms with van der Waals surface area (Å²) in [5, 5.41) is 5.78. The smallest absolute Gasteiger partial charge is 0.287 e. The SMILES string of the molecule is Cc1ccc(N(C(=O)CNC(=O)c2ccco2)C(C(=O)NC2CCCC2)c2ccccc2)cc1C. The standard InChI is InChI=1S/C28H31N3O4/c1-19-14-15-23(17-20(19)2)31(25(32)18-29-27(33)24-13-8-16-35-24)26(21-9-4-3-5-10-21)28(34)30-22-11-6-7-12-22/h3-5,8-10,13-17,22,26H,6-7,11-12,18H2,1-2H3,(H,29,33)(H,30,34). The van der Waals surface area contributed by atoms with Crippen LogP contribution < -0.4 is 15.5 Å². The lowest BCUT2D eigenvalue weighted by Crippen LogP contribution is -2.49. The largest absolute Gasteiger partial charge is 0.459 e. The van der Waals surface area contributed by atoms with Crippen LogP contribution in [-0.4, -0.2) is 30.3 Å². The highest BCUT2D eigenvalue weighted by molar-refractivity contribution is 6.04. The molecule has 3 amide bonds. The zero-order chi connectivity index (χ0) is 24.8. The molecule has 0 spiro atoms. The molecule has 1 aliphatic rings. The van der Waals surface area contributed by atoms with Gasteiger partial charge in [-0.2, -0.15) is 0 Å². The fraction of sp³-hybridized carbons (Fsp3) is 0.321. The zero-order valence-corrected chi connectivity index (χ0v) is 20.1. The van der Waals surface area contributed by atoms with Crippen molar-refractivity contribution in [3.63, 3.8) is 0 Å². The number of nitrogens with one attached hydrogen (secondary N) is 2. The zero-order valence-electron chi connectivity index (χ0n) is 20.1. The van der Waals surface area contributed by atoms with E-state index in [0.29, 0.717) is 11.3 Å². The van der Waals surface area contributed by atoms with Gasteiger partial charge in [-0.3, -0.25) is 19.3 Å². The Morgan fingerprint density at radius 2 is 1.71 bits per heavy atom. The van der Waals surface area contributed by atoms with Gasteiger partial charge in [-0.25, -0.2) is 0 Å². The van der Waals surface area contributed by atoms with Crippen molar-refractivity contribution in [1.29, 1.82) is 0 Å². The molecule has 0 aliphatic heterocycles. The van der Waals surface area contributed by atoms with Gasteiger partial charge in [0.1, 0.15) is 6.04 Å². The predicted molar refractivity (Wildman–Crippen MR) is 134 cm³/mol. The Morgan fingerprint density at radius 3 is 2.37 bits per heavy atom. The van der Waals surface area contributed by atoms with Crippen molar-refractivity contribution in [1.82, 2.24) is 10.6 Å². The van der Waals surface area contributed by atoms with E-state index in [1.807, 2.05) is 62.4 Å². The van der Waals surface area contributed by atoms with Crippen molar-refractivity contribution in [3.05, 3.63) is 89.4 Å². The van der Waals surface area contributed by atoms with Gasteiger partial charge in [0.25, 0.3) is 5.91 Å². The summed E-state index contributed by atoms with van der Waals surface area (Å²) >= 11 is 0. The third-order valence-electron chi connectivity index (χ3n) is 6.51. The van der Waals surface area contributed by atoms with Gasteiger partial charge in [-0.15, -0.1) is 0 Å². The van der Waals surface area contributed by atoms with Gasteiger partial charge < -0.3 is 15.1 Å². The molecule has 2 N–H and O–H groups in total. The molecule has 7 nitrogen and oxygen atoms in total. The highest BCUT2D eigenvalue weighted by Crippen LogP contribution is 2.30. The van der Waals surface area contributed by atoms with E-state index in [0.717, 1.165) is 36.8 Å². The fourth-order valence-electron chi connectivity index (χ4n) is 4.45. The van der Waals surface area contributed by atoms with Crippen LogP contribution in [-0.2, 0) is 9.59 Å². The minimum absolute atomic E-state index is 0.101. The van der Waals surface area contributed by atoms with Crippen LogP contribution in [0.3, 0.4) is 0 Å². The lowest BCUT2D eigenvalue weighted by Gasteiger charge is -2.33. The third-order valence-corrected chi connectivity index (χ3v) is 6.51. The summed E-state index contributed by atoms with van der Waals surface area (Å²) in [6.45, 7) is 3.68. The summed E-state index contributed by atoms with van der Waals surface area (Å²) in [6.07, 6.45) is 5.43. The van der Waals surface area contributed by atoms with Crippen LogP contribution in [0.2, 0.25) is 0 Å². The summed E-state index contributed by atoms with van der Waals surface area (Å²) in [4.78, 5) is 41.3. The molecule has 182 valence electrons. The first-order valence-electron chi connectivity index (χ1n) is 12.0. The molecule has 4 rings (SSSR count). The first-order chi connectivity index (χ1) is 16.9. The summed E-state index contributed by atoms with van der Waals surface area (Å²) < 4.78 is 5.13. The van der Waals surface area contributed by atoms with E-state index < -0.39 is 17.9 Å². The number of aryl methyl sites for hydroxylation is 2. The summed E-state index contributed by atoms with van der Waals surface area (Å²) in [5.41, 5.74) is 3.38. The second kappa shape index (κ2) is 11.0. The van der Waals surface area contributed by atoms with Crippen LogP contribution in [0, 0.1) is 13.8 Å². The Morgan fingerprint density at radius 1 is 0.971 bits per heavy atom. The van der Waals surface area contributed by atoms with Crippen molar-refractivity contribution in [3.8, 4) is 0 Å². The number of amides is 3. The Balaban J connectivity index is 1.69. The summed E-state index contributed by atoms with van der Waals surface area (Å²) in [7, 11) is 0. The molecule has 1 aromatic heterocycles. The van der Waals surface area contributed by atoms with Gasteiger partial charge in [0.2, 0.25) is 11.8 Å². The number of carbonyl (C=O) groups excluding carboxylic acids is 3. The predicted octanol–water partition coefficient (Wildman–Crippen LogP) is 4.46. The highest BCUT2D eigenvalue weighted by Gasteiger charge is 2.34. The van der Waals surface area contributed by atoms with Gasteiger partial charge in [0.05, 0.1) is 12.8 Å². The van der Waals surface area contributed by atoms with E-state index in [-0.39, 0.29) is 24.3 Å². The van der Waals surface area contributed by atoms with Crippen molar-refractivity contribution in [2.45, 2.75) is 51.6 Å². The van der Waals surface area contributed by atoms with Gasteiger partial charge >= 0.3 is 0 Å². The molecule has 3 aromatic rings. The molecule has 2 aromatic carbocycles.